The van der Waals surface area contributed by atoms with Gasteiger partial charge in [-0.2, -0.15) is 11.8 Å². The molecule has 0 spiro atoms. The third-order valence-electron chi connectivity index (χ3n) is 3.42. The van der Waals surface area contributed by atoms with Gasteiger partial charge in [-0.15, -0.1) is 0 Å². The van der Waals surface area contributed by atoms with Crippen molar-refractivity contribution >= 4 is 11.8 Å². The first kappa shape index (κ1) is 12.9. The summed E-state index contributed by atoms with van der Waals surface area (Å²) in [7, 11) is 0. The highest BCUT2D eigenvalue weighted by Crippen LogP contribution is 2.29. The summed E-state index contributed by atoms with van der Waals surface area (Å²) in [5.74, 6) is 0. The first-order chi connectivity index (χ1) is 8.29. The standard InChI is InChI=1S/C14H22N2S/c1-12(17-2)7-10-16(14-3-4-14)11-13-5-8-15-9-6-13/h5-6,8-9,12,14H,3-4,7,10-11H2,1-2H3/t12-/m1/s1. The van der Waals surface area contributed by atoms with Crippen LogP contribution in [0.5, 0.6) is 0 Å². The largest absolute Gasteiger partial charge is 0.296 e. The fourth-order valence-electron chi connectivity index (χ4n) is 2.02. The normalized spacial score (nSPS) is 17.4. The Kier molecular flexibility index (Phi) is 4.86. The van der Waals surface area contributed by atoms with Crippen molar-refractivity contribution in [1.29, 1.82) is 0 Å². The molecule has 0 unspecified atom stereocenters. The van der Waals surface area contributed by atoms with Crippen molar-refractivity contribution in [2.75, 3.05) is 12.8 Å². The molecule has 3 heteroatoms. The van der Waals surface area contributed by atoms with Crippen LogP contribution in [-0.2, 0) is 6.54 Å². The molecule has 1 aromatic rings. The van der Waals surface area contributed by atoms with Gasteiger partial charge in [0, 0.05) is 30.2 Å². The molecule has 0 radical (unpaired) electrons. The lowest BCUT2D eigenvalue weighted by Gasteiger charge is -2.23. The van der Waals surface area contributed by atoms with Crippen LogP contribution < -0.4 is 0 Å². The number of aromatic nitrogens is 1. The average Bonchev–Trinajstić information content (AvgIpc) is 3.19. The molecule has 2 nitrogen and oxygen atoms in total. The van der Waals surface area contributed by atoms with E-state index in [0.717, 1.165) is 17.8 Å². The first-order valence-electron chi connectivity index (χ1n) is 6.45. The Balaban J connectivity index is 1.85. The second kappa shape index (κ2) is 6.41. The number of hydrogen-bond acceptors (Lipinski definition) is 3. The summed E-state index contributed by atoms with van der Waals surface area (Å²) < 4.78 is 0. The quantitative estimate of drug-likeness (QED) is 0.739. The maximum atomic E-state index is 4.08. The summed E-state index contributed by atoms with van der Waals surface area (Å²) in [4.78, 5) is 6.72. The Morgan fingerprint density at radius 1 is 1.41 bits per heavy atom. The van der Waals surface area contributed by atoms with Crippen molar-refractivity contribution < 1.29 is 0 Å². The molecule has 1 fully saturated rings. The van der Waals surface area contributed by atoms with E-state index in [1.807, 2.05) is 24.2 Å². The molecule has 1 heterocycles. The predicted octanol–water partition coefficient (Wildman–Crippen LogP) is 3.19. The fourth-order valence-corrected chi connectivity index (χ4v) is 2.36. The molecule has 2 rings (SSSR count). The predicted molar refractivity (Wildman–Crippen MR) is 75.3 cm³/mol. The lowest BCUT2D eigenvalue weighted by molar-refractivity contribution is 0.252. The maximum absolute atomic E-state index is 4.08. The monoisotopic (exact) mass is 250 g/mol. The van der Waals surface area contributed by atoms with Crippen LogP contribution in [0.15, 0.2) is 24.5 Å². The Bertz CT molecular complexity index is 324. The number of rotatable bonds is 7. The molecule has 0 bridgehead atoms. The van der Waals surface area contributed by atoms with Gasteiger partial charge in [0.1, 0.15) is 0 Å². The molecule has 0 aromatic carbocycles. The summed E-state index contributed by atoms with van der Waals surface area (Å²) in [6.45, 7) is 4.64. The van der Waals surface area contributed by atoms with Gasteiger partial charge in [0.2, 0.25) is 0 Å². The van der Waals surface area contributed by atoms with E-state index in [1.54, 1.807) is 0 Å². The second-order valence-corrected chi connectivity index (χ2v) is 6.17. The lowest BCUT2D eigenvalue weighted by Crippen LogP contribution is -2.28. The van der Waals surface area contributed by atoms with Crippen LogP contribution >= 0.6 is 11.8 Å². The molecular weight excluding hydrogens is 228 g/mol. The van der Waals surface area contributed by atoms with E-state index in [2.05, 4.69) is 35.2 Å². The Hall–Kier alpha value is -0.540. The third kappa shape index (κ3) is 4.32. The average molecular weight is 250 g/mol. The molecule has 17 heavy (non-hydrogen) atoms. The van der Waals surface area contributed by atoms with Crippen LogP contribution in [0.4, 0.5) is 0 Å². The van der Waals surface area contributed by atoms with E-state index in [0.29, 0.717) is 0 Å². The van der Waals surface area contributed by atoms with Crippen LogP contribution in [0.2, 0.25) is 0 Å². The van der Waals surface area contributed by atoms with E-state index in [9.17, 15) is 0 Å². The third-order valence-corrected chi connectivity index (χ3v) is 4.46. The van der Waals surface area contributed by atoms with Crippen molar-refractivity contribution in [3.63, 3.8) is 0 Å². The van der Waals surface area contributed by atoms with Crippen LogP contribution in [-0.4, -0.2) is 34.0 Å². The van der Waals surface area contributed by atoms with Gasteiger partial charge in [0.25, 0.3) is 0 Å². The summed E-state index contributed by atoms with van der Waals surface area (Å²) in [5.41, 5.74) is 1.39. The van der Waals surface area contributed by atoms with Gasteiger partial charge in [-0.3, -0.25) is 9.88 Å². The van der Waals surface area contributed by atoms with Gasteiger partial charge in [-0.25, -0.2) is 0 Å². The van der Waals surface area contributed by atoms with Crippen molar-refractivity contribution in [3.05, 3.63) is 30.1 Å². The van der Waals surface area contributed by atoms with Crippen molar-refractivity contribution in [3.8, 4) is 0 Å². The zero-order valence-electron chi connectivity index (χ0n) is 10.8. The van der Waals surface area contributed by atoms with Gasteiger partial charge in [-0.05, 0) is 49.8 Å². The van der Waals surface area contributed by atoms with E-state index in [4.69, 9.17) is 0 Å². The topological polar surface area (TPSA) is 16.1 Å². The molecule has 1 aromatic heterocycles. The molecule has 0 N–H and O–H groups in total. The second-order valence-electron chi connectivity index (χ2n) is 4.89. The minimum Gasteiger partial charge on any atom is -0.296 e. The zero-order valence-corrected chi connectivity index (χ0v) is 11.6. The van der Waals surface area contributed by atoms with Crippen molar-refractivity contribution in [2.24, 2.45) is 0 Å². The molecular formula is C14H22N2S. The molecule has 94 valence electrons. The smallest absolute Gasteiger partial charge is 0.0271 e. The van der Waals surface area contributed by atoms with Crippen LogP contribution in [0.1, 0.15) is 31.7 Å². The van der Waals surface area contributed by atoms with Crippen LogP contribution in [0.25, 0.3) is 0 Å². The Morgan fingerprint density at radius 3 is 2.71 bits per heavy atom. The van der Waals surface area contributed by atoms with E-state index in [1.165, 1.54) is 31.4 Å². The molecule has 0 aliphatic heterocycles. The Morgan fingerprint density at radius 2 is 2.12 bits per heavy atom. The summed E-state index contributed by atoms with van der Waals surface area (Å²) in [5, 5.41) is 0.772. The highest BCUT2D eigenvalue weighted by molar-refractivity contribution is 7.99. The molecule has 0 saturated heterocycles. The number of nitrogens with zero attached hydrogens (tertiary/aromatic N) is 2. The molecule has 0 amide bonds. The number of thioether (sulfide) groups is 1. The fraction of sp³-hybridized carbons (Fsp3) is 0.643. The van der Waals surface area contributed by atoms with E-state index >= 15 is 0 Å². The van der Waals surface area contributed by atoms with Gasteiger partial charge in [0.15, 0.2) is 0 Å². The highest BCUT2D eigenvalue weighted by atomic mass is 32.2. The number of hydrogen-bond donors (Lipinski definition) is 0. The molecule has 1 aliphatic rings. The van der Waals surface area contributed by atoms with Gasteiger partial charge in [-0.1, -0.05) is 6.92 Å². The Labute approximate surface area is 109 Å². The number of pyridine rings is 1. The molecule has 1 aliphatic carbocycles. The summed E-state index contributed by atoms with van der Waals surface area (Å²) >= 11 is 1.97. The van der Waals surface area contributed by atoms with Gasteiger partial charge < -0.3 is 0 Å². The van der Waals surface area contributed by atoms with Crippen LogP contribution in [0.3, 0.4) is 0 Å². The van der Waals surface area contributed by atoms with Crippen LogP contribution in [0, 0.1) is 0 Å². The van der Waals surface area contributed by atoms with Gasteiger partial charge in [0.05, 0.1) is 0 Å². The first-order valence-corrected chi connectivity index (χ1v) is 7.74. The summed E-state index contributed by atoms with van der Waals surface area (Å²) in [6.07, 6.45) is 10.1. The molecule has 1 saturated carbocycles. The minimum absolute atomic E-state index is 0.772. The van der Waals surface area contributed by atoms with Crippen molar-refractivity contribution in [2.45, 2.75) is 44.0 Å². The lowest BCUT2D eigenvalue weighted by atomic mass is 10.2. The zero-order chi connectivity index (χ0) is 12.1. The summed E-state index contributed by atoms with van der Waals surface area (Å²) in [6, 6.07) is 5.11. The maximum Gasteiger partial charge on any atom is 0.0271 e. The SMILES string of the molecule is CS[C@H](C)CCN(Cc1ccncc1)C1CC1. The van der Waals surface area contributed by atoms with E-state index in [-0.39, 0.29) is 0 Å². The van der Waals surface area contributed by atoms with Crippen molar-refractivity contribution in [1.82, 2.24) is 9.88 Å². The van der Waals surface area contributed by atoms with E-state index < -0.39 is 0 Å². The highest BCUT2D eigenvalue weighted by Gasteiger charge is 2.28. The minimum atomic E-state index is 0.772. The van der Waals surface area contributed by atoms with Gasteiger partial charge >= 0.3 is 0 Å². The molecule has 1 atom stereocenters.